The van der Waals surface area contributed by atoms with Crippen molar-refractivity contribution in [3.63, 3.8) is 0 Å². The van der Waals surface area contributed by atoms with Gasteiger partial charge in [-0.2, -0.15) is 0 Å². The molecule has 0 saturated carbocycles. The Morgan fingerprint density at radius 3 is 2.96 bits per heavy atom. The van der Waals surface area contributed by atoms with Crippen molar-refractivity contribution in [2.75, 3.05) is 13.1 Å². The second-order valence-electron chi connectivity index (χ2n) is 7.22. The number of nitrogens with one attached hydrogen (secondary N) is 3. The Bertz CT molecular complexity index is 743. The molecule has 0 spiro atoms. The minimum atomic E-state index is -0.172. The molecule has 0 bridgehead atoms. The van der Waals surface area contributed by atoms with E-state index in [1.807, 2.05) is 6.07 Å². The number of nitrogens with zero attached hydrogens (tertiary/aromatic N) is 2. The molecule has 0 radical (unpaired) electrons. The lowest BCUT2D eigenvalue weighted by Gasteiger charge is -2.36. The summed E-state index contributed by atoms with van der Waals surface area (Å²) in [5.74, 6) is 1.32. The van der Waals surface area contributed by atoms with Crippen molar-refractivity contribution in [2.24, 2.45) is 5.92 Å². The van der Waals surface area contributed by atoms with E-state index in [0.717, 1.165) is 49.6 Å². The van der Waals surface area contributed by atoms with E-state index in [0.29, 0.717) is 12.0 Å². The third kappa shape index (κ3) is 3.34. The number of hydrogen-bond donors (Lipinski definition) is 3. The van der Waals surface area contributed by atoms with Crippen LogP contribution in [0.1, 0.15) is 42.2 Å². The van der Waals surface area contributed by atoms with Crippen molar-refractivity contribution in [3.8, 4) is 0 Å². The third-order valence-electron chi connectivity index (χ3n) is 5.55. The first kappa shape index (κ1) is 16.7. The summed E-state index contributed by atoms with van der Waals surface area (Å²) in [6.07, 6.45) is 2.02. The van der Waals surface area contributed by atoms with Gasteiger partial charge in [-0.1, -0.05) is 19.1 Å². The number of piperidine rings is 1. The Morgan fingerprint density at radius 2 is 2.20 bits per heavy atom. The molecular weight excluding hydrogens is 317 g/mol. The molecule has 3 N–H and O–H groups in total. The predicted molar refractivity (Wildman–Crippen MR) is 95.3 cm³/mol. The Morgan fingerprint density at radius 1 is 1.32 bits per heavy atom. The van der Waals surface area contributed by atoms with Gasteiger partial charge in [-0.15, -0.1) is 0 Å². The van der Waals surface area contributed by atoms with Gasteiger partial charge >= 0.3 is 0 Å². The van der Waals surface area contributed by atoms with Gasteiger partial charge in [0.15, 0.2) is 0 Å². The highest BCUT2D eigenvalue weighted by molar-refractivity contribution is 5.23. The first-order valence-corrected chi connectivity index (χ1v) is 9.17. The van der Waals surface area contributed by atoms with Gasteiger partial charge in [0.25, 0.3) is 0 Å². The summed E-state index contributed by atoms with van der Waals surface area (Å²) < 4.78 is 13.6. The summed E-state index contributed by atoms with van der Waals surface area (Å²) in [7, 11) is 0. The Labute approximate surface area is 148 Å². The minimum absolute atomic E-state index is 0.148. The Kier molecular flexibility index (Phi) is 4.58. The number of fused-ring (bicyclic) bond motifs is 1. The maximum atomic E-state index is 13.6. The van der Waals surface area contributed by atoms with Crippen LogP contribution in [-0.4, -0.2) is 34.0 Å². The molecule has 1 aromatic carbocycles. The molecule has 1 aromatic heterocycles. The number of likely N-dealkylation sites (tertiary alicyclic amines) is 1. The molecule has 3 atom stereocenters. The molecule has 2 aliphatic heterocycles. The average Bonchev–Trinajstić information content (AvgIpc) is 3.18. The second kappa shape index (κ2) is 6.86. The summed E-state index contributed by atoms with van der Waals surface area (Å²) >= 11 is 0. The fraction of sp³-hybridized carbons (Fsp3) is 0.526. The normalized spacial score (nSPS) is 26.8. The molecule has 6 heteroatoms. The van der Waals surface area contributed by atoms with E-state index in [4.69, 9.17) is 4.98 Å². The number of benzene rings is 1. The van der Waals surface area contributed by atoms with Crippen LogP contribution in [0.25, 0.3) is 0 Å². The van der Waals surface area contributed by atoms with Gasteiger partial charge in [0.1, 0.15) is 11.6 Å². The summed E-state index contributed by atoms with van der Waals surface area (Å²) in [5, 5.41) is 0. The van der Waals surface area contributed by atoms with Crippen LogP contribution in [0.2, 0.25) is 0 Å². The Balaban J connectivity index is 1.48. The first-order chi connectivity index (χ1) is 12.1. The predicted octanol–water partition coefficient (Wildman–Crippen LogP) is 2.46. The summed E-state index contributed by atoms with van der Waals surface area (Å²) in [5.41, 5.74) is 10.1. The highest BCUT2D eigenvalue weighted by atomic mass is 19.1. The quantitative estimate of drug-likeness (QED) is 0.798. The molecule has 4 rings (SSSR count). The molecule has 2 aliphatic rings. The van der Waals surface area contributed by atoms with Crippen molar-refractivity contribution in [1.29, 1.82) is 0 Å². The lowest BCUT2D eigenvalue weighted by atomic mass is 9.85. The standard InChI is InChI=1S/C19H26FN5/c1-3-18-21-12(2)17(22-18)11-25-8-7-16-15(10-25)19(24-23-16)13-5-4-6-14(20)9-13/h4-6,9,15-16,19,23-24H,3,7-8,10-11H2,1-2H3,(H,21,22). The molecule has 3 heterocycles. The van der Waals surface area contributed by atoms with Crippen LogP contribution in [0.5, 0.6) is 0 Å². The number of aryl methyl sites for hydroxylation is 2. The van der Waals surface area contributed by atoms with Gasteiger partial charge in [0, 0.05) is 43.7 Å². The SMILES string of the molecule is CCc1nc(CN2CCC3NNC(c4cccc(F)c4)C3C2)c(C)[nH]1. The van der Waals surface area contributed by atoms with Crippen molar-refractivity contribution < 1.29 is 4.39 Å². The number of hydrazine groups is 1. The van der Waals surface area contributed by atoms with Gasteiger partial charge in [0.05, 0.1) is 11.7 Å². The van der Waals surface area contributed by atoms with Crippen LogP contribution in [0.4, 0.5) is 4.39 Å². The topological polar surface area (TPSA) is 56.0 Å². The van der Waals surface area contributed by atoms with E-state index in [2.05, 4.69) is 34.6 Å². The molecule has 0 amide bonds. The number of aromatic amines is 1. The summed E-state index contributed by atoms with van der Waals surface area (Å²) in [6.45, 7) is 7.13. The molecule has 3 unspecified atom stereocenters. The first-order valence-electron chi connectivity index (χ1n) is 9.17. The zero-order chi connectivity index (χ0) is 17.4. The average molecular weight is 343 g/mol. The number of imidazole rings is 1. The van der Waals surface area contributed by atoms with E-state index >= 15 is 0 Å². The highest BCUT2D eigenvalue weighted by Crippen LogP contribution is 2.34. The van der Waals surface area contributed by atoms with Crippen LogP contribution >= 0.6 is 0 Å². The Hall–Kier alpha value is -1.76. The van der Waals surface area contributed by atoms with Crippen LogP contribution in [0.15, 0.2) is 24.3 Å². The zero-order valence-electron chi connectivity index (χ0n) is 14.8. The third-order valence-corrected chi connectivity index (χ3v) is 5.55. The van der Waals surface area contributed by atoms with E-state index in [9.17, 15) is 4.39 Å². The van der Waals surface area contributed by atoms with Crippen LogP contribution in [0.3, 0.4) is 0 Å². The number of H-pyrrole nitrogens is 1. The van der Waals surface area contributed by atoms with Crippen molar-refractivity contribution in [2.45, 2.75) is 45.3 Å². The van der Waals surface area contributed by atoms with E-state index in [1.54, 1.807) is 12.1 Å². The van der Waals surface area contributed by atoms with Crippen molar-refractivity contribution >= 4 is 0 Å². The number of aromatic nitrogens is 2. The van der Waals surface area contributed by atoms with Crippen LogP contribution in [0, 0.1) is 18.7 Å². The zero-order valence-corrected chi connectivity index (χ0v) is 14.8. The van der Waals surface area contributed by atoms with Gasteiger partial charge in [-0.3, -0.25) is 10.3 Å². The van der Waals surface area contributed by atoms with Gasteiger partial charge in [0.2, 0.25) is 0 Å². The molecule has 5 nitrogen and oxygen atoms in total. The summed E-state index contributed by atoms with van der Waals surface area (Å²) in [6, 6.07) is 7.54. The monoisotopic (exact) mass is 343 g/mol. The fourth-order valence-corrected chi connectivity index (χ4v) is 4.14. The molecule has 2 fully saturated rings. The van der Waals surface area contributed by atoms with E-state index in [1.165, 1.54) is 11.8 Å². The van der Waals surface area contributed by atoms with Crippen LogP contribution in [-0.2, 0) is 13.0 Å². The molecular formula is C19H26FN5. The minimum Gasteiger partial charge on any atom is -0.346 e. The molecule has 2 saturated heterocycles. The highest BCUT2D eigenvalue weighted by Gasteiger charge is 2.40. The smallest absolute Gasteiger partial charge is 0.123 e. The van der Waals surface area contributed by atoms with Gasteiger partial charge < -0.3 is 4.98 Å². The molecule has 2 aromatic rings. The van der Waals surface area contributed by atoms with E-state index < -0.39 is 0 Å². The summed E-state index contributed by atoms with van der Waals surface area (Å²) in [4.78, 5) is 10.6. The van der Waals surface area contributed by atoms with E-state index in [-0.39, 0.29) is 11.9 Å². The van der Waals surface area contributed by atoms with Gasteiger partial charge in [-0.25, -0.2) is 14.8 Å². The van der Waals surface area contributed by atoms with Crippen molar-refractivity contribution in [3.05, 3.63) is 52.9 Å². The maximum Gasteiger partial charge on any atom is 0.123 e. The molecule has 25 heavy (non-hydrogen) atoms. The molecule has 0 aliphatic carbocycles. The number of halogens is 1. The maximum absolute atomic E-state index is 13.6. The van der Waals surface area contributed by atoms with Gasteiger partial charge in [-0.05, 0) is 31.0 Å². The van der Waals surface area contributed by atoms with Crippen LogP contribution < -0.4 is 10.9 Å². The largest absolute Gasteiger partial charge is 0.346 e. The number of hydrogen-bond acceptors (Lipinski definition) is 4. The van der Waals surface area contributed by atoms with Crippen molar-refractivity contribution in [1.82, 2.24) is 25.7 Å². The molecule has 134 valence electrons. The number of rotatable bonds is 4. The second-order valence-corrected chi connectivity index (χ2v) is 7.22. The lowest BCUT2D eigenvalue weighted by molar-refractivity contribution is 0.146. The lowest BCUT2D eigenvalue weighted by Crippen LogP contribution is -2.45. The fourth-order valence-electron chi connectivity index (χ4n) is 4.14.